The lowest BCUT2D eigenvalue weighted by molar-refractivity contribution is -0.149. The van der Waals surface area contributed by atoms with Gasteiger partial charge in [0.2, 0.25) is 0 Å². The smallest absolute Gasteiger partial charge is 0.340 e. The minimum atomic E-state index is -2.52. The van der Waals surface area contributed by atoms with E-state index in [4.69, 9.17) is 14.2 Å². The molecule has 0 bridgehead atoms. The van der Waals surface area contributed by atoms with Gasteiger partial charge in [0.05, 0.1) is 21.6 Å². The molecule has 1 unspecified atom stereocenters. The third-order valence-corrected chi connectivity index (χ3v) is 7.70. The minimum absolute atomic E-state index is 0.226. The highest BCUT2D eigenvalue weighted by Crippen LogP contribution is 2.55. The van der Waals surface area contributed by atoms with Crippen LogP contribution in [0.2, 0.25) is 0 Å². The van der Waals surface area contributed by atoms with E-state index < -0.39 is 25.4 Å². The first-order valence-electron chi connectivity index (χ1n) is 6.61. The summed E-state index contributed by atoms with van der Waals surface area (Å²) in [5.41, 5.74) is 0. The van der Waals surface area contributed by atoms with Crippen LogP contribution >= 0.6 is 7.34 Å². The van der Waals surface area contributed by atoms with E-state index in [1.807, 2.05) is 56.3 Å². The molecule has 0 N–H and O–H groups in total. The molecule has 1 atom stereocenters. The number of hydrogen-bond donors (Lipinski definition) is 0. The Bertz CT molecular complexity index is 434. The maximum atomic E-state index is 12.5. The van der Waals surface area contributed by atoms with Gasteiger partial charge < -0.3 is 14.2 Å². The Labute approximate surface area is 133 Å². The first-order chi connectivity index (χ1) is 10.1. The zero-order valence-electron chi connectivity index (χ0n) is 14.9. The second-order valence-corrected chi connectivity index (χ2v) is 9.14. The van der Waals surface area contributed by atoms with Gasteiger partial charge in [-0.05, 0) is 42.3 Å². The van der Waals surface area contributed by atoms with Crippen LogP contribution in [0.25, 0.3) is 0 Å². The number of ether oxygens (including phenoxy) is 3. The van der Waals surface area contributed by atoms with Crippen LogP contribution < -0.4 is 0 Å². The van der Waals surface area contributed by atoms with Gasteiger partial charge in [-0.1, -0.05) is 0 Å². The van der Waals surface area contributed by atoms with E-state index in [-0.39, 0.29) is 5.29 Å². The highest BCUT2D eigenvalue weighted by atomic mass is 31.2. The maximum Gasteiger partial charge on any atom is 0.340 e. The van der Waals surface area contributed by atoms with Crippen LogP contribution in [0, 0.1) is 0 Å². The van der Waals surface area contributed by atoms with Gasteiger partial charge in [0.1, 0.15) is 5.29 Å². The van der Waals surface area contributed by atoms with Gasteiger partial charge in [0, 0.05) is 7.11 Å². The zero-order valence-corrected chi connectivity index (χ0v) is 15.8. The quantitative estimate of drug-likeness (QED) is 0.474. The third-order valence-electron chi connectivity index (χ3n) is 3.29. The van der Waals surface area contributed by atoms with Crippen molar-refractivity contribution in [1.82, 2.24) is 14.0 Å². The van der Waals surface area contributed by atoms with Gasteiger partial charge in [-0.25, -0.2) is 9.59 Å². The number of esters is 2. The predicted molar refractivity (Wildman–Crippen MR) is 87.8 cm³/mol. The Hall–Kier alpha value is -0.920. The van der Waals surface area contributed by atoms with Crippen LogP contribution in [0.4, 0.5) is 0 Å². The van der Waals surface area contributed by atoms with Crippen molar-refractivity contribution in [1.29, 1.82) is 0 Å². The second kappa shape index (κ2) is 8.64. The van der Waals surface area contributed by atoms with E-state index >= 15 is 0 Å². The lowest BCUT2D eigenvalue weighted by Gasteiger charge is -2.45. The summed E-state index contributed by atoms with van der Waals surface area (Å²) in [5, 5.41) is 0.226. The van der Waals surface area contributed by atoms with Gasteiger partial charge >= 0.3 is 11.9 Å². The summed E-state index contributed by atoms with van der Waals surface area (Å²) in [4.78, 5) is 24.6. The average molecular weight is 337 g/mol. The molecule has 0 fully saturated rings. The van der Waals surface area contributed by atoms with E-state index in [1.165, 1.54) is 21.3 Å². The molecule has 0 heterocycles. The van der Waals surface area contributed by atoms with Crippen LogP contribution in [0.3, 0.4) is 0 Å². The molecule has 9 heteroatoms. The van der Waals surface area contributed by atoms with Gasteiger partial charge in [-0.3, -0.25) is 14.0 Å². The van der Waals surface area contributed by atoms with Crippen molar-refractivity contribution in [3.8, 4) is 0 Å². The lowest BCUT2D eigenvalue weighted by Crippen LogP contribution is -2.46. The van der Waals surface area contributed by atoms with Crippen molar-refractivity contribution >= 4 is 24.6 Å². The molecule has 0 aromatic rings. The highest BCUT2D eigenvalue weighted by molar-refractivity contribution is 7.71. The number of hydrogen-bond acceptors (Lipinski definition) is 8. The fraction of sp³-hybridized carbons (Fsp3) is 0.769. The van der Waals surface area contributed by atoms with Crippen LogP contribution in [0.5, 0.6) is 0 Å². The highest BCUT2D eigenvalue weighted by Gasteiger charge is 2.42. The summed E-state index contributed by atoms with van der Waals surface area (Å²) in [6, 6.07) is 0. The minimum Gasteiger partial charge on any atom is -0.467 e. The number of methoxy groups -OCH3 is 3. The van der Waals surface area contributed by atoms with Gasteiger partial charge in [-0.2, -0.15) is 0 Å². The molecular formula is C13H28N3O5P. The predicted octanol–water partition coefficient (Wildman–Crippen LogP) is -0.0328. The third kappa shape index (κ3) is 3.70. The lowest BCUT2D eigenvalue weighted by atomic mass is 10.2. The Morgan fingerprint density at radius 2 is 1.23 bits per heavy atom. The van der Waals surface area contributed by atoms with E-state index in [9.17, 15) is 9.59 Å². The Morgan fingerprint density at radius 3 is 1.45 bits per heavy atom. The molecule has 0 spiro atoms. The van der Waals surface area contributed by atoms with E-state index in [2.05, 4.69) is 0 Å². The summed E-state index contributed by atoms with van der Waals surface area (Å²) >= 11 is 0. The van der Waals surface area contributed by atoms with Gasteiger partial charge in [-0.15, -0.1) is 0 Å². The summed E-state index contributed by atoms with van der Waals surface area (Å²) in [7, 11) is 12.5. The average Bonchev–Trinajstić information content (AvgIpc) is 2.44. The Kier molecular flexibility index (Phi) is 8.28. The first-order valence-corrected chi connectivity index (χ1v) is 8.26. The molecule has 0 rings (SSSR count). The molecule has 22 heavy (non-hydrogen) atoms. The van der Waals surface area contributed by atoms with Gasteiger partial charge in [0.15, 0.2) is 6.10 Å². The number of carbonyl (C=O) groups is 2. The standard InChI is InChI=1S/C13H28N3O5P/c1-14(2)22(15(3)4,16(5)6)11(13(18)21-9)10(19-7)12(17)20-8/h10H,1-9H3. The summed E-state index contributed by atoms with van der Waals surface area (Å²) < 4.78 is 20.7. The molecular weight excluding hydrogens is 309 g/mol. The molecule has 0 aromatic carbocycles. The molecule has 0 amide bonds. The molecule has 8 nitrogen and oxygen atoms in total. The topological polar surface area (TPSA) is 71.5 Å². The maximum absolute atomic E-state index is 12.5. The molecule has 0 radical (unpaired) electrons. The molecule has 0 saturated carbocycles. The fourth-order valence-corrected chi connectivity index (χ4v) is 6.94. The van der Waals surface area contributed by atoms with Crippen LogP contribution in [0.1, 0.15) is 0 Å². The summed E-state index contributed by atoms with van der Waals surface area (Å²) in [6.07, 6.45) is -1.14. The molecule has 0 aliphatic rings. The van der Waals surface area contributed by atoms with Crippen LogP contribution in [-0.4, -0.2) is 101 Å². The van der Waals surface area contributed by atoms with E-state index in [0.717, 1.165) is 0 Å². The van der Waals surface area contributed by atoms with Crippen molar-refractivity contribution in [2.75, 3.05) is 63.6 Å². The normalized spacial score (nSPS) is 13.5. The molecule has 0 aliphatic carbocycles. The first kappa shape index (κ1) is 21.1. The number of nitrogens with zero attached hydrogens (tertiary/aromatic N) is 3. The molecule has 0 saturated heterocycles. The molecule has 0 aromatic heterocycles. The largest absolute Gasteiger partial charge is 0.467 e. The summed E-state index contributed by atoms with van der Waals surface area (Å²) in [5.74, 6) is -1.24. The van der Waals surface area contributed by atoms with E-state index in [0.29, 0.717) is 0 Å². The number of carbonyl (C=O) groups excluding carboxylic acids is 2. The molecule has 0 aliphatic heterocycles. The monoisotopic (exact) mass is 337 g/mol. The molecule has 130 valence electrons. The van der Waals surface area contributed by atoms with Crippen molar-refractivity contribution in [2.24, 2.45) is 0 Å². The van der Waals surface area contributed by atoms with Crippen molar-refractivity contribution < 1.29 is 23.8 Å². The van der Waals surface area contributed by atoms with Crippen molar-refractivity contribution in [3.05, 3.63) is 0 Å². The zero-order chi connectivity index (χ0) is 17.7. The number of rotatable bonds is 7. The van der Waals surface area contributed by atoms with Gasteiger partial charge in [0.25, 0.3) is 0 Å². The second-order valence-electron chi connectivity index (χ2n) is 5.13. The fourth-order valence-electron chi connectivity index (χ4n) is 2.64. The van der Waals surface area contributed by atoms with Crippen molar-refractivity contribution in [3.63, 3.8) is 0 Å². The van der Waals surface area contributed by atoms with E-state index in [1.54, 1.807) is 0 Å². The Morgan fingerprint density at radius 1 is 0.818 bits per heavy atom. The summed E-state index contributed by atoms with van der Waals surface area (Å²) in [6.45, 7) is 0. The Balaban J connectivity index is 6.88. The van der Waals surface area contributed by atoms with Crippen LogP contribution in [0.15, 0.2) is 0 Å². The van der Waals surface area contributed by atoms with Crippen LogP contribution in [-0.2, 0) is 23.8 Å². The SMILES string of the molecule is COC(=O)C(C(OC)C(=O)OC)=P(N(C)C)(N(C)C)N(C)C. The van der Waals surface area contributed by atoms with Crippen molar-refractivity contribution in [2.45, 2.75) is 6.10 Å².